The Morgan fingerprint density at radius 2 is 1.93 bits per heavy atom. The van der Waals surface area contributed by atoms with Crippen molar-refractivity contribution in [1.82, 2.24) is 0 Å². The first-order chi connectivity index (χ1) is 7.24. The molecule has 0 bridgehead atoms. The van der Waals surface area contributed by atoms with Crippen LogP contribution < -0.4 is 15.9 Å². The molecule has 0 radical (unpaired) electrons. The highest BCUT2D eigenvalue weighted by Crippen LogP contribution is 2.12. The zero-order valence-electron chi connectivity index (χ0n) is 9.20. The maximum atomic E-state index is 5.55. The van der Waals surface area contributed by atoms with Gasteiger partial charge in [-0.1, -0.05) is 19.8 Å². The van der Waals surface area contributed by atoms with Crippen LogP contribution in [0.25, 0.3) is 0 Å². The molecule has 3 heteroatoms. The molecule has 0 fully saturated rings. The third-order valence-electron chi connectivity index (χ3n) is 2.20. The molecular formula is C12H19N2O+. The van der Waals surface area contributed by atoms with Crippen LogP contribution >= 0.6 is 0 Å². The van der Waals surface area contributed by atoms with E-state index >= 15 is 0 Å². The molecule has 1 aromatic carbocycles. The molecular weight excluding hydrogens is 188 g/mol. The Morgan fingerprint density at radius 3 is 2.47 bits per heavy atom. The molecule has 0 saturated heterocycles. The fraction of sp³-hybridized carbons (Fsp3) is 0.417. The zero-order chi connectivity index (χ0) is 11.1. The first kappa shape index (κ1) is 11.6. The van der Waals surface area contributed by atoms with Gasteiger partial charge in [0.2, 0.25) is 0 Å². The van der Waals surface area contributed by atoms with Crippen molar-refractivity contribution >= 4 is 5.84 Å². The fourth-order valence-corrected chi connectivity index (χ4v) is 1.29. The largest absolute Gasteiger partial charge is 0.494 e. The fourth-order valence-electron chi connectivity index (χ4n) is 1.29. The van der Waals surface area contributed by atoms with Gasteiger partial charge in [-0.15, -0.1) is 0 Å². The average Bonchev–Trinajstić information content (AvgIpc) is 2.25. The summed E-state index contributed by atoms with van der Waals surface area (Å²) in [6.07, 6.45) is 3.52. The summed E-state index contributed by atoms with van der Waals surface area (Å²) in [6.45, 7) is 2.95. The Bertz CT molecular complexity index is 306. The van der Waals surface area contributed by atoms with Gasteiger partial charge in [0.05, 0.1) is 12.2 Å². The molecule has 0 aliphatic carbocycles. The third kappa shape index (κ3) is 4.02. The highest BCUT2D eigenvalue weighted by atomic mass is 16.5. The van der Waals surface area contributed by atoms with Crippen molar-refractivity contribution in [2.45, 2.75) is 26.2 Å². The Labute approximate surface area is 90.8 Å². The Balaban J connectivity index is 2.39. The van der Waals surface area contributed by atoms with Crippen molar-refractivity contribution in [3.8, 4) is 5.75 Å². The number of hydrogen-bond acceptors (Lipinski definition) is 1. The number of amidine groups is 1. The van der Waals surface area contributed by atoms with Crippen LogP contribution in [0.1, 0.15) is 31.7 Å². The maximum Gasteiger partial charge on any atom is 0.270 e. The van der Waals surface area contributed by atoms with Crippen molar-refractivity contribution in [3.05, 3.63) is 29.8 Å². The monoisotopic (exact) mass is 207 g/mol. The van der Waals surface area contributed by atoms with E-state index in [4.69, 9.17) is 15.9 Å². The Kier molecular flexibility index (Phi) is 4.68. The van der Waals surface area contributed by atoms with Crippen molar-refractivity contribution in [3.63, 3.8) is 0 Å². The topological polar surface area (TPSA) is 60.8 Å². The van der Waals surface area contributed by atoms with Crippen molar-refractivity contribution in [2.24, 2.45) is 5.73 Å². The van der Waals surface area contributed by atoms with E-state index < -0.39 is 0 Å². The minimum absolute atomic E-state index is 0.340. The van der Waals surface area contributed by atoms with Gasteiger partial charge < -0.3 is 4.74 Å². The lowest BCUT2D eigenvalue weighted by molar-refractivity contribution is -0.114. The molecule has 3 nitrogen and oxygen atoms in total. The van der Waals surface area contributed by atoms with Crippen molar-refractivity contribution in [2.75, 3.05) is 6.61 Å². The van der Waals surface area contributed by atoms with E-state index in [1.165, 1.54) is 12.8 Å². The van der Waals surface area contributed by atoms with Crippen molar-refractivity contribution < 1.29 is 10.1 Å². The van der Waals surface area contributed by atoms with E-state index in [1.54, 1.807) is 0 Å². The van der Waals surface area contributed by atoms with Crippen LogP contribution in [0.15, 0.2) is 24.3 Å². The van der Waals surface area contributed by atoms with E-state index in [-0.39, 0.29) is 0 Å². The number of hydrogen-bond donors (Lipinski definition) is 2. The first-order valence-corrected chi connectivity index (χ1v) is 5.35. The van der Waals surface area contributed by atoms with Crippen LogP contribution in [0.5, 0.6) is 5.75 Å². The van der Waals surface area contributed by atoms with Crippen LogP contribution in [0.3, 0.4) is 0 Å². The molecule has 82 valence electrons. The molecule has 1 rings (SSSR count). The number of ether oxygens (including phenoxy) is 1. The zero-order valence-corrected chi connectivity index (χ0v) is 9.20. The predicted octanol–water partition coefficient (Wildman–Crippen LogP) is 0.720. The minimum Gasteiger partial charge on any atom is -0.494 e. The number of benzene rings is 1. The van der Waals surface area contributed by atoms with E-state index in [9.17, 15) is 0 Å². The lowest BCUT2D eigenvalue weighted by Crippen LogP contribution is -2.46. The van der Waals surface area contributed by atoms with E-state index in [2.05, 4.69) is 6.92 Å². The van der Waals surface area contributed by atoms with Gasteiger partial charge in [-0.2, -0.15) is 0 Å². The molecule has 4 N–H and O–H groups in total. The first-order valence-electron chi connectivity index (χ1n) is 5.35. The Hall–Kier alpha value is -1.51. The van der Waals surface area contributed by atoms with Gasteiger partial charge in [0, 0.05) is 0 Å². The molecule has 0 atom stereocenters. The summed E-state index contributed by atoms with van der Waals surface area (Å²) in [4.78, 5) is 0. The summed E-state index contributed by atoms with van der Waals surface area (Å²) in [7, 11) is 0. The summed E-state index contributed by atoms with van der Waals surface area (Å²) in [6, 6.07) is 7.51. The molecule has 1 aromatic rings. The third-order valence-corrected chi connectivity index (χ3v) is 2.20. The highest BCUT2D eigenvalue weighted by Gasteiger charge is 2.00. The second-order valence-electron chi connectivity index (χ2n) is 3.54. The van der Waals surface area contributed by atoms with Gasteiger partial charge in [-0.3, -0.25) is 11.1 Å². The van der Waals surface area contributed by atoms with Crippen LogP contribution in [0, 0.1) is 0 Å². The van der Waals surface area contributed by atoms with E-state index in [1.807, 2.05) is 24.3 Å². The van der Waals surface area contributed by atoms with Crippen molar-refractivity contribution in [1.29, 1.82) is 0 Å². The molecule has 0 heterocycles. The maximum absolute atomic E-state index is 5.55. The van der Waals surface area contributed by atoms with Gasteiger partial charge in [0.25, 0.3) is 5.84 Å². The molecule has 0 spiro atoms. The number of nitrogens with two attached hydrogens (primary N) is 2. The molecule has 0 amide bonds. The average molecular weight is 207 g/mol. The predicted molar refractivity (Wildman–Crippen MR) is 61.7 cm³/mol. The van der Waals surface area contributed by atoms with Gasteiger partial charge in [-0.25, -0.2) is 0 Å². The second-order valence-corrected chi connectivity index (χ2v) is 3.54. The molecule has 0 aliphatic heterocycles. The quantitative estimate of drug-likeness (QED) is 0.410. The van der Waals surface area contributed by atoms with Crippen LogP contribution in [-0.4, -0.2) is 12.4 Å². The van der Waals surface area contributed by atoms with E-state index in [0.717, 1.165) is 24.3 Å². The molecule has 15 heavy (non-hydrogen) atoms. The van der Waals surface area contributed by atoms with Crippen LogP contribution in [0.4, 0.5) is 0 Å². The standard InChI is InChI=1S/C12H18N2O/c1-2-3-4-9-15-11-7-5-10(6-8-11)12(13)14/h5-8H,2-4,9H2,1H3,(H3,13,14)/p+1. The molecule has 0 saturated carbocycles. The van der Waals surface area contributed by atoms with Crippen LogP contribution in [0.2, 0.25) is 0 Å². The SMILES string of the molecule is CCCCCOc1ccc(C(N)=[NH2+])cc1. The summed E-state index contributed by atoms with van der Waals surface area (Å²) >= 11 is 0. The minimum atomic E-state index is 0.340. The smallest absolute Gasteiger partial charge is 0.270 e. The lowest BCUT2D eigenvalue weighted by atomic mass is 10.2. The molecule has 0 aliphatic rings. The van der Waals surface area contributed by atoms with Gasteiger partial charge in [0.15, 0.2) is 0 Å². The second kappa shape index (κ2) is 6.06. The van der Waals surface area contributed by atoms with Gasteiger partial charge in [0.1, 0.15) is 5.75 Å². The highest BCUT2D eigenvalue weighted by molar-refractivity contribution is 5.92. The number of rotatable bonds is 6. The van der Waals surface area contributed by atoms with E-state index in [0.29, 0.717) is 5.84 Å². The summed E-state index contributed by atoms with van der Waals surface area (Å²) in [5.41, 5.74) is 6.30. The summed E-state index contributed by atoms with van der Waals surface area (Å²) < 4.78 is 5.55. The van der Waals surface area contributed by atoms with Gasteiger partial charge in [-0.05, 0) is 30.7 Å². The number of unbranched alkanes of at least 4 members (excludes halogenated alkanes) is 2. The normalized spacial score (nSPS) is 9.93. The lowest BCUT2D eigenvalue weighted by Gasteiger charge is -2.05. The molecule has 0 unspecified atom stereocenters. The van der Waals surface area contributed by atoms with Crippen LogP contribution in [-0.2, 0) is 0 Å². The summed E-state index contributed by atoms with van der Waals surface area (Å²) in [5.74, 6) is 1.21. The Morgan fingerprint density at radius 1 is 1.27 bits per heavy atom. The molecule has 0 aromatic heterocycles. The van der Waals surface area contributed by atoms with Gasteiger partial charge >= 0.3 is 0 Å². The summed E-state index contributed by atoms with van der Waals surface area (Å²) in [5, 5.41) is 5.46.